The number of aromatic nitrogens is 2. The number of nitrogen functional groups attached to an aromatic ring is 1. The largest absolute Gasteiger partial charge is 0.398 e. The number of pyridine rings is 1. The maximum atomic E-state index is 6.18. The molecule has 0 radical (unpaired) electrons. The minimum absolute atomic E-state index is 0.799. The molecule has 20 heavy (non-hydrogen) atoms. The van der Waals surface area contributed by atoms with Crippen molar-refractivity contribution in [3.05, 3.63) is 67.0 Å². The van der Waals surface area contributed by atoms with Crippen LogP contribution in [0, 0.1) is 0 Å². The van der Waals surface area contributed by atoms with Crippen LogP contribution in [0.5, 0.6) is 0 Å². The van der Waals surface area contributed by atoms with E-state index in [1.807, 2.05) is 48.8 Å². The molecular weight excluding hydrogens is 246 g/mol. The van der Waals surface area contributed by atoms with Crippen molar-refractivity contribution in [1.82, 2.24) is 9.55 Å². The average molecular weight is 259 g/mol. The van der Waals surface area contributed by atoms with Gasteiger partial charge >= 0.3 is 0 Å². The highest BCUT2D eigenvalue weighted by Gasteiger charge is 2.13. The first-order valence-electron chi connectivity index (χ1n) is 6.54. The fraction of sp³-hybridized carbons (Fsp3) is 0. The lowest BCUT2D eigenvalue weighted by atomic mass is 10.1. The third kappa shape index (κ3) is 1.43. The summed E-state index contributed by atoms with van der Waals surface area (Å²) in [7, 11) is 0. The predicted octanol–water partition coefficient (Wildman–Crippen LogP) is 3.76. The molecule has 4 aromatic rings. The van der Waals surface area contributed by atoms with Crippen LogP contribution in [0.25, 0.3) is 27.5 Å². The van der Waals surface area contributed by atoms with Gasteiger partial charge in [-0.05, 0) is 30.3 Å². The summed E-state index contributed by atoms with van der Waals surface area (Å²) >= 11 is 0. The molecule has 4 rings (SSSR count). The summed E-state index contributed by atoms with van der Waals surface area (Å²) < 4.78 is 2.20. The van der Waals surface area contributed by atoms with Crippen LogP contribution >= 0.6 is 0 Å². The third-order valence-electron chi connectivity index (χ3n) is 3.64. The zero-order valence-corrected chi connectivity index (χ0v) is 10.8. The molecule has 0 amide bonds. The number of hydrogen-bond donors (Lipinski definition) is 1. The van der Waals surface area contributed by atoms with Gasteiger partial charge < -0.3 is 10.3 Å². The number of anilines is 1. The molecule has 0 atom stereocenters. The molecule has 0 spiro atoms. The number of benzene rings is 2. The van der Waals surface area contributed by atoms with Crippen LogP contribution in [-0.4, -0.2) is 9.55 Å². The lowest BCUT2D eigenvalue weighted by Crippen LogP contribution is -1.93. The second kappa shape index (κ2) is 4.10. The van der Waals surface area contributed by atoms with E-state index >= 15 is 0 Å². The van der Waals surface area contributed by atoms with Crippen molar-refractivity contribution in [2.45, 2.75) is 0 Å². The highest BCUT2D eigenvalue weighted by Crippen LogP contribution is 2.34. The Morgan fingerprint density at radius 3 is 2.55 bits per heavy atom. The van der Waals surface area contributed by atoms with Gasteiger partial charge in [0, 0.05) is 28.3 Å². The molecule has 3 nitrogen and oxygen atoms in total. The molecular formula is C17H13N3. The van der Waals surface area contributed by atoms with Gasteiger partial charge in [0.15, 0.2) is 0 Å². The van der Waals surface area contributed by atoms with E-state index in [1.54, 1.807) is 0 Å². The number of fused-ring (bicyclic) bond motifs is 3. The summed E-state index contributed by atoms with van der Waals surface area (Å²) in [6.07, 6.45) is 3.70. The Kier molecular flexibility index (Phi) is 2.27. The molecule has 2 aromatic carbocycles. The smallest absolute Gasteiger partial charge is 0.0725 e. The second-order valence-electron chi connectivity index (χ2n) is 4.81. The molecule has 0 aliphatic rings. The van der Waals surface area contributed by atoms with E-state index in [9.17, 15) is 0 Å². The van der Waals surface area contributed by atoms with E-state index in [0.717, 1.165) is 33.2 Å². The van der Waals surface area contributed by atoms with Crippen LogP contribution in [-0.2, 0) is 0 Å². The van der Waals surface area contributed by atoms with E-state index in [4.69, 9.17) is 5.73 Å². The Balaban J connectivity index is 2.26. The first kappa shape index (κ1) is 11.1. The molecule has 2 aromatic heterocycles. The number of nitrogens with two attached hydrogens (primary N) is 1. The average Bonchev–Trinajstić information content (AvgIpc) is 2.84. The van der Waals surface area contributed by atoms with Gasteiger partial charge in [-0.2, -0.15) is 0 Å². The van der Waals surface area contributed by atoms with Crippen LogP contribution in [0.2, 0.25) is 0 Å². The summed E-state index contributed by atoms with van der Waals surface area (Å²) in [5.41, 5.74) is 10.3. The Bertz CT molecular complexity index is 907. The molecule has 0 aliphatic carbocycles. The first-order valence-corrected chi connectivity index (χ1v) is 6.54. The summed E-state index contributed by atoms with van der Waals surface area (Å²) in [5.74, 6) is 0. The molecule has 2 heterocycles. The lowest BCUT2D eigenvalue weighted by molar-refractivity contribution is 1.17. The van der Waals surface area contributed by atoms with Crippen LogP contribution < -0.4 is 5.73 Å². The topological polar surface area (TPSA) is 43.8 Å². The molecule has 0 saturated carbocycles. The van der Waals surface area contributed by atoms with Gasteiger partial charge in [0.25, 0.3) is 0 Å². The highest BCUT2D eigenvalue weighted by molar-refractivity contribution is 6.14. The molecule has 0 aliphatic heterocycles. The Labute approximate surface area is 116 Å². The summed E-state index contributed by atoms with van der Waals surface area (Å²) in [6.45, 7) is 0. The second-order valence-corrected chi connectivity index (χ2v) is 4.81. The monoisotopic (exact) mass is 259 g/mol. The fourth-order valence-electron chi connectivity index (χ4n) is 2.80. The summed E-state index contributed by atoms with van der Waals surface area (Å²) in [5, 5.41) is 2.23. The third-order valence-corrected chi connectivity index (χ3v) is 3.64. The van der Waals surface area contributed by atoms with Crippen molar-refractivity contribution < 1.29 is 0 Å². The molecule has 2 N–H and O–H groups in total. The first-order chi connectivity index (χ1) is 9.86. The van der Waals surface area contributed by atoms with Gasteiger partial charge in [-0.1, -0.05) is 24.3 Å². The minimum Gasteiger partial charge on any atom is -0.398 e. The zero-order valence-electron chi connectivity index (χ0n) is 10.8. The zero-order chi connectivity index (χ0) is 13.5. The molecule has 0 fully saturated rings. The van der Waals surface area contributed by atoms with E-state index in [1.165, 1.54) is 0 Å². The van der Waals surface area contributed by atoms with Crippen LogP contribution in [0.1, 0.15) is 0 Å². The van der Waals surface area contributed by atoms with Gasteiger partial charge in [0.05, 0.1) is 17.2 Å². The van der Waals surface area contributed by atoms with Crippen molar-refractivity contribution >= 4 is 27.5 Å². The Morgan fingerprint density at radius 2 is 1.70 bits per heavy atom. The van der Waals surface area contributed by atoms with Crippen molar-refractivity contribution in [2.75, 3.05) is 5.73 Å². The Hall–Kier alpha value is -2.81. The SMILES string of the molecule is Nc1cccc2c1c1ccncc1n2-c1ccccc1. The highest BCUT2D eigenvalue weighted by atomic mass is 15.0. The standard InChI is InChI=1S/C17H13N3/c18-14-7-4-8-15-17(14)13-9-10-19-11-16(13)20(15)12-5-2-1-3-6-12/h1-11H,18H2. The molecule has 0 unspecified atom stereocenters. The summed E-state index contributed by atoms with van der Waals surface area (Å²) in [4.78, 5) is 4.26. The van der Waals surface area contributed by atoms with Gasteiger partial charge in [-0.3, -0.25) is 4.98 Å². The maximum absolute atomic E-state index is 6.18. The quantitative estimate of drug-likeness (QED) is 0.529. The summed E-state index contributed by atoms with van der Waals surface area (Å²) in [6, 6.07) is 18.3. The van der Waals surface area contributed by atoms with E-state index < -0.39 is 0 Å². The van der Waals surface area contributed by atoms with Crippen LogP contribution in [0.15, 0.2) is 67.0 Å². The number of para-hydroxylation sites is 1. The predicted molar refractivity (Wildman–Crippen MR) is 83.0 cm³/mol. The van der Waals surface area contributed by atoms with Crippen molar-refractivity contribution in [3.8, 4) is 5.69 Å². The van der Waals surface area contributed by atoms with E-state index in [-0.39, 0.29) is 0 Å². The molecule has 0 bridgehead atoms. The Morgan fingerprint density at radius 1 is 0.850 bits per heavy atom. The van der Waals surface area contributed by atoms with Crippen molar-refractivity contribution in [1.29, 1.82) is 0 Å². The van der Waals surface area contributed by atoms with Crippen molar-refractivity contribution in [2.24, 2.45) is 0 Å². The normalized spacial score (nSPS) is 11.2. The van der Waals surface area contributed by atoms with Gasteiger partial charge in [0.1, 0.15) is 0 Å². The maximum Gasteiger partial charge on any atom is 0.0725 e. The van der Waals surface area contributed by atoms with E-state index in [2.05, 4.69) is 27.8 Å². The van der Waals surface area contributed by atoms with Crippen molar-refractivity contribution in [3.63, 3.8) is 0 Å². The minimum atomic E-state index is 0.799. The molecule has 3 heteroatoms. The fourth-order valence-corrected chi connectivity index (χ4v) is 2.80. The molecule has 96 valence electrons. The number of rotatable bonds is 1. The van der Waals surface area contributed by atoms with E-state index in [0.29, 0.717) is 0 Å². The van der Waals surface area contributed by atoms with Gasteiger partial charge in [0.2, 0.25) is 0 Å². The van der Waals surface area contributed by atoms with Gasteiger partial charge in [-0.25, -0.2) is 0 Å². The molecule has 0 saturated heterocycles. The van der Waals surface area contributed by atoms with Crippen LogP contribution in [0.3, 0.4) is 0 Å². The lowest BCUT2D eigenvalue weighted by Gasteiger charge is -2.06. The van der Waals surface area contributed by atoms with Gasteiger partial charge in [-0.15, -0.1) is 0 Å². The number of nitrogens with zero attached hydrogens (tertiary/aromatic N) is 2. The van der Waals surface area contributed by atoms with Crippen LogP contribution in [0.4, 0.5) is 5.69 Å². The number of hydrogen-bond acceptors (Lipinski definition) is 2.